The molecule has 1 aliphatic heterocycles. The molecule has 0 amide bonds. The van der Waals surface area contributed by atoms with Crippen LogP contribution >= 0.6 is 0 Å². The van der Waals surface area contributed by atoms with Gasteiger partial charge in [0.15, 0.2) is 0 Å². The second-order valence-electron chi connectivity index (χ2n) is 7.61. The first kappa shape index (κ1) is 20.0. The Hall–Kier alpha value is -1.34. The van der Waals surface area contributed by atoms with Gasteiger partial charge in [-0.1, -0.05) is 0 Å². The van der Waals surface area contributed by atoms with Gasteiger partial charge in [-0.3, -0.25) is 4.79 Å². The first-order chi connectivity index (χ1) is 11.7. The van der Waals surface area contributed by atoms with Crippen LogP contribution in [0.3, 0.4) is 0 Å². The second kappa shape index (κ2) is 7.91. The lowest BCUT2D eigenvalue weighted by Crippen LogP contribution is -2.41. The first-order valence-corrected chi connectivity index (χ1v) is 8.99. The molecule has 1 fully saturated rings. The summed E-state index contributed by atoms with van der Waals surface area (Å²) in [5, 5.41) is 0. The SMILES string of the molecule is COC(=O)CCCOC(=O)C1=C(B2OC(C)(C)C(C)(C)O2)CCCC1. The Morgan fingerprint density at radius 2 is 1.68 bits per heavy atom. The van der Waals surface area contributed by atoms with Gasteiger partial charge in [-0.15, -0.1) is 0 Å². The highest BCUT2D eigenvalue weighted by molar-refractivity contribution is 6.55. The number of esters is 2. The van der Waals surface area contributed by atoms with Gasteiger partial charge >= 0.3 is 19.1 Å². The minimum absolute atomic E-state index is 0.202. The van der Waals surface area contributed by atoms with Gasteiger partial charge in [-0.2, -0.15) is 0 Å². The summed E-state index contributed by atoms with van der Waals surface area (Å²) in [5.41, 5.74) is 0.709. The standard InChI is InChI=1S/C18H29BO6/c1-17(2)18(3,4)25-19(24-17)14-10-7-6-9-13(14)16(21)23-12-8-11-15(20)22-5/h6-12H2,1-5H3. The third-order valence-corrected chi connectivity index (χ3v) is 5.28. The van der Waals surface area contributed by atoms with E-state index in [-0.39, 0.29) is 25.0 Å². The normalized spacial score (nSPS) is 22.0. The Balaban J connectivity index is 2.03. The van der Waals surface area contributed by atoms with Crippen LogP contribution in [0.15, 0.2) is 11.0 Å². The molecule has 0 radical (unpaired) electrons. The number of carbonyl (C=O) groups excluding carboxylic acids is 2. The predicted molar refractivity (Wildman–Crippen MR) is 93.8 cm³/mol. The van der Waals surface area contributed by atoms with Crippen LogP contribution in [0.5, 0.6) is 0 Å². The molecule has 2 aliphatic rings. The summed E-state index contributed by atoms with van der Waals surface area (Å²) in [5.74, 6) is -0.625. The largest absolute Gasteiger partial charge is 0.491 e. The van der Waals surface area contributed by atoms with Crippen LogP contribution in [0.25, 0.3) is 0 Å². The van der Waals surface area contributed by atoms with Crippen molar-refractivity contribution in [3.8, 4) is 0 Å². The van der Waals surface area contributed by atoms with E-state index < -0.39 is 18.3 Å². The molecular weight excluding hydrogens is 323 g/mol. The van der Waals surface area contributed by atoms with E-state index >= 15 is 0 Å². The van der Waals surface area contributed by atoms with Crippen LogP contribution in [-0.4, -0.2) is 44.0 Å². The van der Waals surface area contributed by atoms with Crippen LogP contribution < -0.4 is 0 Å². The number of hydrogen-bond acceptors (Lipinski definition) is 6. The fourth-order valence-corrected chi connectivity index (χ4v) is 2.98. The Morgan fingerprint density at radius 3 is 2.28 bits per heavy atom. The Bertz CT molecular complexity index is 536. The van der Waals surface area contributed by atoms with Gasteiger partial charge < -0.3 is 18.8 Å². The molecule has 0 atom stereocenters. The van der Waals surface area contributed by atoms with Gasteiger partial charge in [-0.25, -0.2) is 4.79 Å². The molecular formula is C18H29BO6. The molecule has 140 valence electrons. The molecule has 0 N–H and O–H groups in total. The van der Waals surface area contributed by atoms with Gasteiger partial charge in [-0.05, 0) is 65.3 Å². The van der Waals surface area contributed by atoms with E-state index in [0.717, 1.165) is 24.7 Å². The lowest BCUT2D eigenvalue weighted by atomic mass is 9.69. The highest BCUT2D eigenvalue weighted by Gasteiger charge is 2.53. The lowest BCUT2D eigenvalue weighted by molar-refractivity contribution is -0.144. The lowest BCUT2D eigenvalue weighted by Gasteiger charge is -2.32. The summed E-state index contributed by atoms with van der Waals surface area (Å²) in [6.45, 7) is 8.21. The van der Waals surface area contributed by atoms with Crippen molar-refractivity contribution in [2.24, 2.45) is 0 Å². The predicted octanol–water partition coefficient (Wildman–Crippen LogP) is 2.98. The maximum Gasteiger partial charge on any atom is 0.491 e. The zero-order valence-corrected chi connectivity index (χ0v) is 16.0. The van der Waals surface area contributed by atoms with Crippen LogP contribution in [0.1, 0.15) is 66.2 Å². The number of ether oxygens (including phenoxy) is 2. The van der Waals surface area contributed by atoms with Gasteiger partial charge in [0.1, 0.15) is 0 Å². The molecule has 6 nitrogen and oxygen atoms in total. The van der Waals surface area contributed by atoms with Gasteiger partial charge in [0.2, 0.25) is 0 Å². The van der Waals surface area contributed by atoms with Crippen molar-refractivity contribution < 1.29 is 28.4 Å². The van der Waals surface area contributed by atoms with E-state index in [1.807, 2.05) is 27.7 Å². The summed E-state index contributed by atoms with van der Waals surface area (Å²) in [4.78, 5) is 23.6. The molecule has 25 heavy (non-hydrogen) atoms. The maximum absolute atomic E-state index is 12.5. The van der Waals surface area contributed by atoms with Crippen molar-refractivity contribution in [1.82, 2.24) is 0 Å². The maximum atomic E-state index is 12.5. The monoisotopic (exact) mass is 352 g/mol. The van der Waals surface area contributed by atoms with E-state index in [2.05, 4.69) is 4.74 Å². The Morgan fingerprint density at radius 1 is 1.08 bits per heavy atom. The third-order valence-electron chi connectivity index (χ3n) is 5.28. The van der Waals surface area contributed by atoms with Crippen molar-refractivity contribution in [3.63, 3.8) is 0 Å². The second-order valence-corrected chi connectivity index (χ2v) is 7.61. The van der Waals surface area contributed by atoms with Crippen LogP contribution in [0, 0.1) is 0 Å². The minimum atomic E-state index is -0.497. The van der Waals surface area contributed by atoms with Crippen molar-refractivity contribution in [2.75, 3.05) is 13.7 Å². The summed E-state index contributed by atoms with van der Waals surface area (Å²) >= 11 is 0. The van der Waals surface area contributed by atoms with E-state index in [0.29, 0.717) is 18.4 Å². The molecule has 0 bridgehead atoms. The number of rotatable bonds is 6. The minimum Gasteiger partial charge on any atom is -0.469 e. The van der Waals surface area contributed by atoms with Crippen LogP contribution in [0.2, 0.25) is 0 Å². The van der Waals surface area contributed by atoms with Crippen LogP contribution in [0.4, 0.5) is 0 Å². The van der Waals surface area contributed by atoms with Crippen molar-refractivity contribution in [3.05, 3.63) is 11.0 Å². The fourth-order valence-electron chi connectivity index (χ4n) is 2.98. The van der Waals surface area contributed by atoms with E-state index in [1.54, 1.807) is 0 Å². The summed E-state index contributed by atoms with van der Waals surface area (Å²) in [6, 6.07) is 0. The Kier molecular flexibility index (Phi) is 6.33. The molecule has 0 aromatic heterocycles. The van der Waals surface area contributed by atoms with Crippen LogP contribution in [-0.2, 0) is 28.4 Å². The van der Waals surface area contributed by atoms with E-state index in [9.17, 15) is 9.59 Å². The fraction of sp³-hybridized carbons (Fsp3) is 0.778. The number of methoxy groups -OCH3 is 1. The molecule has 0 aromatic rings. The molecule has 0 saturated carbocycles. The molecule has 1 aliphatic carbocycles. The highest BCUT2D eigenvalue weighted by atomic mass is 16.7. The number of carbonyl (C=O) groups is 2. The molecule has 1 heterocycles. The molecule has 0 spiro atoms. The topological polar surface area (TPSA) is 71.1 Å². The summed E-state index contributed by atoms with van der Waals surface area (Å²) in [6.07, 6.45) is 4.12. The van der Waals surface area contributed by atoms with E-state index in [4.69, 9.17) is 14.0 Å². The highest BCUT2D eigenvalue weighted by Crippen LogP contribution is 2.41. The van der Waals surface area contributed by atoms with Crippen molar-refractivity contribution in [1.29, 1.82) is 0 Å². The first-order valence-electron chi connectivity index (χ1n) is 8.99. The molecule has 7 heteroatoms. The zero-order valence-electron chi connectivity index (χ0n) is 16.0. The third kappa shape index (κ3) is 4.64. The molecule has 2 rings (SSSR count). The molecule has 0 aromatic carbocycles. The average Bonchev–Trinajstić information content (AvgIpc) is 2.79. The smallest absolute Gasteiger partial charge is 0.469 e. The van der Waals surface area contributed by atoms with Crippen molar-refractivity contribution >= 4 is 19.1 Å². The summed E-state index contributed by atoms with van der Waals surface area (Å²) < 4.78 is 22.1. The van der Waals surface area contributed by atoms with E-state index in [1.165, 1.54) is 7.11 Å². The van der Waals surface area contributed by atoms with Gasteiger partial charge in [0, 0.05) is 12.0 Å². The van der Waals surface area contributed by atoms with Gasteiger partial charge in [0.05, 0.1) is 24.9 Å². The molecule has 0 unspecified atom stereocenters. The quantitative estimate of drug-likeness (QED) is 0.416. The van der Waals surface area contributed by atoms with Gasteiger partial charge in [0.25, 0.3) is 0 Å². The zero-order chi connectivity index (χ0) is 18.7. The van der Waals surface area contributed by atoms with Crippen molar-refractivity contribution in [2.45, 2.75) is 77.4 Å². The number of hydrogen-bond donors (Lipinski definition) is 0. The molecule has 1 saturated heterocycles. The summed E-state index contributed by atoms with van der Waals surface area (Å²) in [7, 11) is 0.848. The average molecular weight is 352 g/mol. The Labute approximate surface area is 150 Å². The number of allylic oxidation sites excluding steroid dienone is 1.